The average Bonchev–Trinajstić information content (AvgIpc) is 2.65. The summed E-state index contributed by atoms with van der Waals surface area (Å²) in [6, 6.07) is 11.3. The van der Waals surface area contributed by atoms with Crippen molar-refractivity contribution in [1.82, 2.24) is 5.48 Å². The van der Waals surface area contributed by atoms with Crippen molar-refractivity contribution in [2.75, 3.05) is 6.61 Å². The molecule has 0 saturated carbocycles. The molecule has 0 bridgehead atoms. The Labute approximate surface area is 178 Å². The number of benzene rings is 2. The zero-order valence-corrected chi connectivity index (χ0v) is 18.1. The van der Waals surface area contributed by atoms with E-state index < -0.39 is 5.91 Å². The second-order valence-electron chi connectivity index (χ2n) is 6.45. The summed E-state index contributed by atoms with van der Waals surface area (Å²) < 4.78 is 5.81. The maximum atomic E-state index is 11.8. The van der Waals surface area contributed by atoms with Crippen molar-refractivity contribution in [3.63, 3.8) is 0 Å². The van der Waals surface area contributed by atoms with Crippen molar-refractivity contribution in [2.45, 2.75) is 58.3 Å². The van der Waals surface area contributed by atoms with Crippen molar-refractivity contribution in [3.05, 3.63) is 47.2 Å². The van der Waals surface area contributed by atoms with E-state index in [2.05, 4.69) is 6.92 Å². The predicted octanol–water partition coefficient (Wildman–Crippen LogP) is 2.59. The van der Waals surface area contributed by atoms with Crippen LogP contribution in [0, 0.1) is 5.21 Å². The Morgan fingerprint density at radius 1 is 0.962 bits per heavy atom. The Bertz CT molecular complexity index is 675. The number of fused-ring (bicyclic) bond motifs is 1. The summed E-state index contributed by atoms with van der Waals surface area (Å²) in [7, 11) is 0. The molecule has 136 valence electrons. The number of hydrogen-bond donors (Lipinski definition) is 1. The molecule has 0 aliphatic heterocycles. The molecule has 0 heterocycles. The number of hydroxylamine groups is 1. The fourth-order valence-electron chi connectivity index (χ4n) is 2.99. The summed E-state index contributed by atoms with van der Waals surface area (Å²) in [6.45, 7) is 2.79. The monoisotopic (exact) mass is 365 g/mol. The summed E-state index contributed by atoms with van der Waals surface area (Å²) in [5.41, 5.74) is 1.75. The molecule has 26 heavy (non-hydrogen) atoms. The smallest absolute Gasteiger partial charge is 0.759 e. The van der Waals surface area contributed by atoms with E-state index in [9.17, 15) is 10.0 Å². The molecule has 0 radical (unpaired) electrons. The molecule has 0 aromatic heterocycles. The third-order valence-electron chi connectivity index (χ3n) is 4.44. The fraction of sp³-hybridized carbons (Fsp3) is 0.476. The van der Waals surface area contributed by atoms with E-state index in [4.69, 9.17) is 4.74 Å². The van der Waals surface area contributed by atoms with Gasteiger partial charge in [-0.2, -0.15) is 0 Å². The summed E-state index contributed by atoms with van der Waals surface area (Å²) in [6.07, 6.45) is 9.83. The number of hydrogen-bond acceptors (Lipinski definition) is 3. The van der Waals surface area contributed by atoms with Crippen LogP contribution in [0.25, 0.3) is 10.8 Å². The van der Waals surface area contributed by atoms with Crippen LogP contribution in [0.15, 0.2) is 36.4 Å². The van der Waals surface area contributed by atoms with Crippen LogP contribution in [0.4, 0.5) is 0 Å². The molecule has 0 unspecified atom stereocenters. The van der Waals surface area contributed by atoms with Gasteiger partial charge in [0.2, 0.25) is 5.91 Å². The van der Waals surface area contributed by atoms with Crippen molar-refractivity contribution < 1.29 is 39.1 Å². The number of unbranched alkanes of at least 4 members (excludes halogenated alkanes) is 7. The van der Waals surface area contributed by atoms with Crippen LogP contribution in [0.5, 0.6) is 5.75 Å². The van der Waals surface area contributed by atoms with E-state index >= 15 is 0 Å². The zero-order chi connectivity index (χ0) is 17.9. The standard InChI is InChI=1S/C21H28NO3.Na/c1-2-3-4-5-6-7-8-11-14-25-20-16-18-13-10-9-12-17(18)15-19(20)21(23)22-24;/h9-10,12-13,15-16H,2-8,11,14H2,1H3,(H-,22,23,24);/q-1;+1. The fourth-order valence-corrected chi connectivity index (χ4v) is 2.99. The molecule has 2 rings (SSSR count). The summed E-state index contributed by atoms with van der Waals surface area (Å²) in [5, 5.41) is 12.7. The van der Waals surface area contributed by atoms with Gasteiger partial charge in [-0.25, -0.2) is 0 Å². The average molecular weight is 365 g/mol. The molecule has 0 aliphatic carbocycles. The second-order valence-corrected chi connectivity index (χ2v) is 6.45. The Morgan fingerprint density at radius 2 is 1.54 bits per heavy atom. The van der Waals surface area contributed by atoms with Gasteiger partial charge in [0.05, 0.1) is 12.2 Å². The summed E-state index contributed by atoms with van der Waals surface area (Å²) in [4.78, 5) is 11.8. The molecule has 0 spiro atoms. The van der Waals surface area contributed by atoms with Crippen LogP contribution in [0.3, 0.4) is 0 Å². The van der Waals surface area contributed by atoms with Gasteiger partial charge in [0.15, 0.2) is 0 Å². The molecule has 4 nitrogen and oxygen atoms in total. The van der Waals surface area contributed by atoms with Gasteiger partial charge < -0.3 is 15.4 Å². The minimum Gasteiger partial charge on any atom is -0.759 e. The van der Waals surface area contributed by atoms with Crippen LogP contribution < -0.4 is 39.8 Å². The molecule has 2 aromatic carbocycles. The maximum Gasteiger partial charge on any atom is 1.00 e. The third kappa shape index (κ3) is 7.28. The molecule has 0 fully saturated rings. The second kappa shape index (κ2) is 13.2. The van der Waals surface area contributed by atoms with E-state index in [1.54, 1.807) is 6.07 Å². The SMILES string of the molecule is CCCCCCCCCCOc1cc2ccccc2cc1C(=O)N[O-].[Na+]. The Morgan fingerprint density at radius 3 is 2.15 bits per heavy atom. The topological polar surface area (TPSA) is 61.4 Å². The van der Waals surface area contributed by atoms with Crippen molar-refractivity contribution in [3.8, 4) is 5.75 Å². The van der Waals surface area contributed by atoms with Crippen LogP contribution >= 0.6 is 0 Å². The van der Waals surface area contributed by atoms with Gasteiger partial charge in [0.1, 0.15) is 5.75 Å². The van der Waals surface area contributed by atoms with E-state index in [1.807, 2.05) is 30.3 Å². The number of nitrogens with one attached hydrogen (secondary N) is 1. The van der Waals surface area contributed by atoms with Gasteiger partial charge >= 0.3 is 29.6 Å². The van der Waals surface area contributed by atoms with E-state index in [0.717, 1.165) is 23.6 Å². The normalized spacial score (nSPS) is 10.4. The van der Waals surface area contributed by atoms with Gasteiger partial charge in [-0.15, -0.1) is 0 Å². The van der Waals surface area contributed by atoms with Crippen LogP contribution in [-0.4, -0.2) is 12.5 Å². The molecule has 1 amide bonds. The zero-order valence-electron chi connectivity index (χ0n) is 16.1. The van der Waals surface area contributed by atoms with Crippen LogP contribution in [0.1, 0.15) is 68.6 Å². The number of rotatable bonds is 11. The molecule has 1 N–H and O–H groups in total. The molecule has 2 aromatic rings. The van der Waals surface area contributed by atoms with E-state index in [1.165, 1.54) is 44.0 Å². The number of carbonyl (C=O) groups excluding carboxylic acids is 1. The Hall–Kier alpha value is -1.07. The first kappa shape index (κ1) is 23.0. The van der Waals surface area contributed by atoms with Crippen molar-refractivity contribution in [1.29, 1.82) is 0 Å². The van der Waals surface area contributed by atoms with Gasteiger partial charge in [0, 0.05) is 0 Å². The largest absolute Gasteiger partial charge is 1.00 e. The van der Waals surface area contributed by atoms with E-state index in [-0.39, 0.29) is 29.6 Å². The van der Waals surface area contributed by atoms with E-state index in [0.29, 0.717) is 17.9 Å². The quantitative estimate of drug-likeness (QED) is 0.378. The molecular formula is C21H28NNaO3. The van der Waals surface area contributed by atoms with Crippen LogP contribution in [-0.2, 0) is 0 Å². The number of ether oxygens (including phenoxy) is 1. The van der Waals surface area contributed by atoms with Gasteiger partial charge in [0.25, 0.3) is 0 Å². The summed E-state index contributed by atoms with van der Waals surface area (Å²) in [5.74, 6) is -0.174. The van der Waals surface area contributed by atoms with Crippen LogP contribution in [0.2, 0.25) is 0 Å². The first-order chi connectivity index (χ1) is 12.3. The maximum absolute atomic E-state index is 11.8. The number of amides is 1. The van der Waals surface area contributed by atoms with Crippen molar-refractivity contribution >= 4 is 16.7 Å². The minimum absolute atomic E-state index is 0. The predicted molar refractivity (Wildman–Crippen MR) is 103 cm³/mol. The molecule has 0 saturated heterocycles. The van der Waals surface area contributed by atoms with Gasteiger partial charge in [-0.05, 0) is 29.3 Å². The summed E-state index contributed by atoms with van der Waals surface area (Å²) >= 11 is 0. The van der Waals surface area contributed by atoms with Gasteiger partial charge in [-0.1, -0.05) is 76.1 Å². The molecular weight excluding hydrogens is 337 g/mol. The minimum atomic E-state index is -0.656. The molecule has 0 atom stereocenters. The molecule has 0 aliphatic rings. The first-order valence-electron chi connectivity index (χ1n) is 9.34. The molecule has 5 heteroatoms. The first-order valence-corrected chi connectivity index (χ1v) is 9.34. The third-order valence-corrected chi connectivity index (χ3v) is 4.44. The Kier molecular flexibility index (Phi) is 11.6. The van der Waals surface area contributed by atoms with Gasteiger partial charge in [-0.3, -0.25) is 4.79 Å². The Balaban J connectivity index is 0.00000338. The number of carbonyl (C=O) groups is 1. The van der Waals surface area contributed by atoms with Crippen molar-refractivity contribution in [2.24, 2.45) is 0 Å².